The second kappa shape index (κ2) is 13.3. The fourth-order valence-electron chi connectivity index (χ4n) is 4.69. The van der Waals surface area contributed by atoms with Crippen molar-refractivity contribution in [2.75, 3.05) is 6.61 Å². The number of esters is 1. The Morgan fingerprint density at radius 2 is 1.77 bits per heavy atom. The van der Waals surface area contributed by atoms with E-state index in [2.05, 4.69) is 20.6 Å². The van der Waals surface area contributed by atoms with Gasteiger partial charge in [-0.2, -0.15) is 4.98 Å². The summed E-state index contributed by atoms with van der Waals surface area (Å²) in [5, 5.41) is 2.60. The number of nitrogens with zero attached hydrogens (tertiary/aromatic N) is 3. The Kier molecular flexibility index (Phi) is 9.49. The molecule has 43 heavy (non-hydrogen) atoms. The first-order valence-corrected chi connectivity index (χ1v) is 13.0. The molecule has 0 unspecified atom stereocenters. The van der Waals surface area contributed by atoms with E-state index in [1.807, 2.05) is 60.0 Å². The number of benzene rings is 3. The zero-order chi connectivity index (χ0) is 29.2. The third kappa shape index (κ3) is 6.46. The van der Waals surface area contributed by atoms with E-state index >= 15 is 0 Å². The van der Waals surface area contributed by atoms with E-state index in [1.54, 1.807) is 25.1 Å². The van der Waals surface area contributed by atoms with E-state index in [4.69, 9.17) is 18.3 Å². The maximum atomic E-state index is 13.2. The molecule has 0 bridgehead atoms. The minimum Gasteiger partial charge on any atom is -0.543 e. The van der Waals surface area contributed by atoms with Gasteiger partial charge in [0.1, 0.15) is 0 Å². The van der Waals surface area contributed by atoms with Crippen molar-refractivity contribution < 1.29 is 84.1 Å². The Morgan fingerprint density at radius 3 is 2.44 bits per heavy atom. The molecule has 1 radical (unpaired) electrons. The Bertz CT molecular complexity index is 1840. The molecule has 0 atom stereocenters. The van der Waals surface area contributed by atoms with Crippen molar-refractivity contribution in [1.29, 1.82) is 0 Å². The second-order valence-electron chi connectivity index (χ2n) is 9.28. The number of amides is 1. The van der Waals surface area contributed by atoms with Gasteiger partial charge in [-0.15, -0.1) is 0 Å². The van der Waals surface area contributed by atoms with Crippen molar-refractivity contribution in [1.82, 2.24) is 14.9 Å². The van der Waals surface area contributed by atoms with Crippen molar-refractivity contribution >= 4 is 23.1 Å². The molecule has 0 spiro atoms. The number of hydrogen-bond donors (Lipinski definition) is 1. The quantitative estimate of drug-likeness (QED) is 0.197. The Labute approximate surface area is 287 Å². The molecule has 1 fully saturated rings. The minimum atomic E-state index is -0.859. The number of para-hydroxylation sites is 1. The summed E-state index contributed by atoms with van der Waals surface area (Å²) < 4.78 is 22.9. The van der Waals surface area contributed by atoms with Gasteiger partial charge in [0, 0.05) is 6.17 Å². The summed E-state index contributed by atoms with van der Waals surface area (Å²) in [6, 6.07) is 20.9. The average Bonchev–Trinajstić information content (AvgIpc) is 3.68. The van der Waals surface area contributed by atoms with Gasteiger partial charge in [0.05, 0.1) is 29.7 Å². The number of aromatic nitrogens is 2. The van der Waals surface area contributed by atoms with Crippen LogP contribution in [0.15, 0.2) is 80.4 Å². The van der Waals surface area contributed by atoms with Crippen LogP contribution >= 0.6 is 0 Å². The molecule has 1 aliphatic heterocycles. The van der Waals surface area contributed by atoms with Gasteiger partial charge in [0.2, 0.25) is 0 Å². The van der Waals surface area contributed by atoms with E-state index < -0.39 is 17.9 Å². The summed E-state index contributed by atoms with van der Waals surface area (Å²) in [6.45, 7) is 3.88. The van der Waals surface area contributed by atoms with Gasteiger partial charge >= 0.3 is 69.3 Å². The molecular formula is C30H24KN4O8. The molecule has 12 nitrogen and oxygen atoms in total. The normalized spacial score (nSPS) is 12.9. The predicted octanol–water partition coefficient (Wildman–Crippen LogP) is 2.23. The molecule has 1 aliphatic rings. The number of hydrogen-bond acceptors (Lipinski definition) is 9. The van der Waals surface area contributed by atoms with Gasteiger partial charge in [-0.05, 0) is 48.2 Å². The molecule has 1 amide bonds. The standard InChI is InChI=1S/C30H24N4O8.K/c1-3-38-28-31-23-10-6-9-22(27(35)39-16-24-17(2)40-30(37)41-24)25(23)34(28)15-18-11-13-19(14-12-18)20-7-4-5-8-21(20)26-32-29(36)42-33-26;/h4-14H,3,15-16H2,1-2H3,(H,32,36);/q-1;+1. The Hall–Kier alpha value is -3.72. The SMILES string of the molecule is CCOc1nc2cccc(C(=O)OCc3oc(=O)oc3C)c2n1Cc1ccc(-c2ccccc2[C]2[N-]OC(=O)N2)cc1.[K+]. The average molecular weight is 608 g/mol. The van der Waals surface area contributed by atoms with Crippen LogP contribution in [0.3, 0.4) is 0 Å². The summed E-state index contributed by atoms with van der Waals surface area (Å²) in [6.07, 6.45) is -0.283. The smallest absolute Gasteiger partial charge is 0.543 e. The molecule has 6 rings (SSSR count). The number of imidazole rings is 1. The van der Waals surface area contributed by atoms with Crippen molar-refractivity contribution in [2.24, 2.45) is 0 Å². The molecule has 2 aromatic heterocycles. The number of fused-ring (bicyclic) bond motifs is 1. The zero-order valence-corrected chi connectivity index (χ0v) is 26.7. The van der Waals surface area contributed by atoms with Crippen LogP contribution in [0.25, 0.3) is 27.6 Å². The maximum absolute atomic E-state index is 13.2. The molecule has 0 saturated carbocycles. The molecule has 1 saturated heterocycles. The summed E-state index contributed by atoms with van der Waals surface area (Å²) >= 11 is 0. The molecule has 5 aromatic rings. The molecule has 3 aromatic carbocycles. The van der Waals surface area contributed by atoms with Crippen molar-refractivity contribution in [3.05, 3.63) is 117 Å². The summed E-state index contributed by atoms with van der Waals surface area (Å²) in [5.74, 6) is -1.09. The van der Waals surface area contributed by atoms with Crippen molar-refractivity contribution in [2.45, 2.75) is 27.0 Å². The van der Waals surface area contributed by atoms with Crippen LogP contribution in [0.4, 0.5) is 4.79 Å². The number of nitrogens with one attached hydrogen (secondary N) is 1. The van der Waals surface area contributed by atoms with Crippen LogP contribution < -0.4 is 67.3 Å². The topological polar surface area (TPSA) is 149 Å². The van der Waals surface area contributed by atoms with E-state index in [-0.39, 0.29) is 75.1 Å². The first-order chi connectivity index (χ1) is 20.4. The maximum Gasteiger partial charge on any atom is 1.00 e. The Morgan fingerprint density at radius 1 is 1.00 bits per heavy atom. The van der Waals surface area contributed by atoms with Crippen LogP contribution in [0.2, 0.25) is 0 Å². The molecule has 213 valence electrons. The monoisotopic (exact) mass is 607 g/mol. The van der Waals surface area contributed by atoms with Gasteiger partial charge in [-0.25, -0.2) is 14.4 Å². The van der Waals surface area contributed by atoms with Crippen LogP contribution in [0, 0.1) is 13.1 Å². The fourth-order valence-corrected chi connectivity index (χ4v) is 4.69. The van der Waals surface area contributed by atoms with E-state index in [1.165, 1.54) is 0 Å². The summed E-state index contributed by atoms with van der Waals surface area (Å²) in [4.78, 5) is 45.3. The van der Waals surface area contributed by atoms with E-state index in [0.29, 0.717) is 36.4 Å². The largest absolute Gasteiger partial charge is 1.00 e. The van der Waals surface area contributed by atoms with Gasteiger partial charge in [0.25, 0.3) is 6.01 Å². The number of carbonyl (C=O) groups is 2. The number of carbonyl (C=O) groups excluding carboxylic acids is 2. The predicted molar refractivity (Wildman–Crippen MR) is 148 cm³/mol. The molecule has 1 N–H and O–H groups in total. The van der Waals surface area contributed by atoms with Crippen molar-refractivity contribution in [3.63, 3.8) is 0 Å². The second-order valence-corrected chi connectivity index (χ2v) is 9.28. The van der Waals surface area contributed by atoms with Crippen LogP contribution in [-0.4, -0.2) is 28.2 Å². The molecule has 13 heteroatoms. The molecular weight excluding hydrogens is 583 g/mol. The van der Waals surface area contributed by atoms with Gasteiger partial charge < -0.3 is 33.9 Å². The zero-order valence-electron chi connectivity index (χ0n) is 23.6. The fraction of sp³-hybridized carbons (Fsp3) is 0.167. The summed E-state index contributed by atoms with van der Waals surface area (Å²) in [7, 11) is 0. The van der Waals surface area contributed by atoms with Gasteiger partial charge in [-0.1, -0.05) is 54.6 Å². The molecule has 3 heterocycles. The number of rotatable bonds is 9. The van der Waals surface area contributed by atoms with Crippen LogP contribution in [0.5, 0.6) is 6.01 Å². The minimum absolute atomic E-state index is 0. The summed E-state index contributed by atoms with van der Waals surface area (Å²) in [5.41, 5.74) is 8.63. The third-order valence-corrected chi connectivity index (χ3v) is 6.62. The first kappa shape index (κ1) is 30.7. The van der Waals surface area contributed by atoms with Gasteiger partial charge in [0.15, 0.2) is 18.1 Å². The third-order valence-electron chi connectivity index (χ3n) is 6.62. The van der Waals surface area contributed by atoms with Gasteiger partial charge in [-0.3, -0.25) is 4.57 Å². The number of aryl methyl sites for hydroxylation is 1. The van der Waals surface area contributed by atoms with Crippen molar-refractivity contribution in [3.8, 4) is 17.1 Å². The van der Waals surface area contributed by atoms with E-state index in [0.717, 1.165) is 22.3 Å². The van der Waals surface area contributed by atoms with Crippen LogP contribution in [-0.2, 0) is 22.7 Å². The Balaban J connectivity index is 0.00000368. The van der Waals surface area contributed by atoms with Crippen LogP contribution in [0.1, 0.15) is 39.9 Å². The number of ether oxygens (including phenoxy) is 2. The first-order valence-electron chi connectivity index (χ1n) is 13.0. The van der Waals surface area contributed by atoms with E-state index in [9.17, 15) is 14.4 Å². The molecule has 0 aliphatic carbocycles. The number of hydroxylamine groups is 1.